The highest BCUT2D eigenvalue weighted by Crippen LogP contribution is 2.24. The van der Waals surface area contributed by atoms with E-state index in [2.05, 4.69) is 10.6 Å². The molecular weight excluding hydrogens is 180 g/mol. The first-order valence-corrected chi connectivity index (χ1v) is 4.35. The summed E-state index contributed by atoms with van der Waals surface area (Å²) in [5.41, 5.74) is -3.05. The third kappa shape index (κ3) is 1.25. The van der Waals surface area contributed by atoms with Gasteiger partial charge in [0.2, 0.25) is 11.4 Å². The lowest BCUT2D eigenvalue weighted by atomic mass is 9.95. The molecule has 2 rings (SSSR count). The number of aliphatic hydroxyl groups is 2. The summed E-state index contributed by atoms with van der Waals surface area (Å²) in [6, 6.07) is 0. The van der Waals surface area contributed by atoms with Crippen LogP contribution in [0.1, 0.15) is 0 Å². The largest absolute Gasteiger partial charge is 0.363 e. The van der Waals surface area contributed by atoms with Gasteiger partial charge in [-0.1, -0.05) is 12.2 Å². The molecule has 0 bridgehead atoms. The molecule has 4 N–H and O–H groups in total. The van der Waals surface area contributed by atoms with Gasteiger partial charge in [0.15, 0.2) is 0 Å². The molecule has 0 fully saturated rings. The van der Waals surface area contributed by atoms with Crippen LogP contribution in [0.4, 0.5) is 0 Å². The van der Waals surface area contributed by atoms with E-state index in [4.69, 9.17) is 0 Å². The molecule has 4 nitrogen and oxygen atoms in total. The molecule has 2 unspecified atom stereocenters. The van der Waals surface area contributed by atoms with Crippen molar-refractivity contribution in [1.29, 1.82) is 0 Å². The van der Waals surface area contributed by atoms with Crippen LogP contribution in [0.25, 0.3) is 0 Å². The quantitative estimate of drug-likeness (QED) is 0.461. The first-order chi connectivity index (χ1) is 6.66. The summed E-state index contributed by atoms with van der Waals surface area (Å²) in [5.74, 6) is 0. The molecule has 0 radical (unpaired) electrons. The van der Waals surface area contributed by atoms with Gasteiger partial charge in [0.1, 0.15) is 0 Å². The van der Waals surface area contributed by atoms with Crippen molar-refractivity contribution in [3.05, 3.63) is 48.9 Å². The van der Waals surface area contributed by atoms with Crippen LogP contribution in [0.2, 0.25) is 0 Å². The van der Waals surface area contributed by atoms with Gasteiger partial charge in [-0.2, -0.15) is 0 Å². The van der Waals surface area contributed by atoms with Gasteiger partial charge in [-0.05, 0) is 36.7 Å². The lowest BCUT2D eigenvalue weighted by Crippen LogP contribution is -2.66. The van der Waals surface area contributed by atoms with Gasteiger partial charge >= 0.3 is 0 Å². The second-order valence-electron chi connectivity index (χ2n) is 3.26. The Kier molecular flexibility index (Phi) is 1.94. The Bertz CT molecular complexity index is 312. The molecule has 0 saturated carbocycles. The van der Waals surface area contributed by atoms with Crippen molar-refractivity contribution >= 4 is 0 Å². The van der Waals surface area contributed by atoms with E-state index in [1.165, 1.54) is 12.2 Å². The van der Waals surface area contributed by atoms with Crippen LogP contribution in [0.5, 0.6) is 0 Å². The predicted octanol–water partition coefficient (Wildman–Crippen LogP) is -0.290. The standard InChI is InChI=1S/C10H12N2O2/c13-9(5-1-3-7-11-9)10(14)6-2-4-8-12-10/h1-8,11-14H. The number of dihydropyridines is 2. The van der Waals surface area contributed by atoms with Gasteiger partial charge in [-0.3, -0.25) is 0 Å². The van der Waals surface area contributed by atoms with Crippen molar-refractivity contribution in [1.82, 2.24) is 10.6 Å². The van der Waals surface area contributed by atoms with Crippen LogP contribution in [0, 0.1) is 0 Å². The molecule has 0 aromatic carbocycles. The molecule has 0 aromatic rings. The maximum atomic E-state index is 10.1. The van der Waals surface area contributed by atoms with Crippen molar-refractivity contribution in [3.8, 4) is 0 Å². The van der Waals surface area contributed by atoms with Gasteiger partial charge in [0.25, 0.3) is 0 Å². The zero-order valence-electron chi connectivity index (χ0n) is 7.51. The first kappa shape index (κ1) is 9.05. The van der Waals surface area contributed by atoms with E-state index in [1.54, 1.807) is 36.7 Å². The molecule has 0 spiro atoms. The van der Waals surface area contributed by atoms with Crippen molar-refractivity contribution in [2.24, 2.45) is 0 Å². The summed E-state index contributed by atoms with van der Waals surface area (Å²) >= 11 is 0. The van der Waals surface area contributed by atoms with Crippen LogP contribution in [-0.4, -0.2) is 21.7 Å². The smallest absolute Gasteiger partial charge is 0.207 e. The van der Waals surface area contributed by atoms with Gasteiger partial charge in [0, 0.05) is 0 Å². The van der Waals surface area contributed by atoms with Crippen molar-refractivity contribution in [3.63, 3.8) is 0 Å². The van der Waals surface area contributed by atoms with E-state index >= 15 is 0 Å². The van der Waals surface area contributed by atoms with Crippen LogP contribution in [-0.2, 0) is 0 Å². The molecule has 0 saturated heterocycles. The number of rotatable bonds is 1. The molecule has 0 aliphatic carbocycles. The van der Waals surface area contributed by atoms with Crippen molar-refractivity contribution < 1.29 is 10.2 Å². The number of nitrogens with one attached hydrogen (secondary N) is 2. The van der Waals surface area contributed by atoms with E-state index in [0.29, 0.717) is 0 Å². The van der Waals surface area contributed by atoms with E-state index in [-0.39, 0.29) is 0 Å². The maximum Gasteiger partial charge on any atom is 0.207 e. The molecular formula is C10H12N2O2. The van der Waals surface area contributed by atoms with E-state index < -0.39 is 11.4 Å². The van der Waals surface area contributed by atoms with Gasteiger partial charge < -0.3 is 20.8 Å². The number of hydrogen-bond donors (Lipinski definition) is 4. The normalized spacial score (nSPS) is 39.3. The van der Waals surface area contributed by atoms with Crippen LogP contribution < -0.4 is 10.6 Å². The fourth-order valence-electron chi connectivity index (χ4n) is 1.42. The summed E-state index contributed by atoms with van der Waals surface area (Å²) in [5, 5.41) is 25.6. The first-order valence-electron chi connectivity index (χ1n) is 4.35. The zero-order valence-corrected chi connectivity index (χ0v) is 7.51. The van der Waals surface area contributed by atoms with Gasteiger partial charge in [-0.15, -0.1) is 0 Å². The third-order valence-corrected chi connectivity index (χ3v) is 2.28. The van der Waals surface area contributed by atoms with Crippen molar-refractivity contribution in [2.45, 2.75) is 11.4 Å². The third-order valence-electron chi connectivity index (χ3n) is 2.28. The molecule has 0 aromatic heterocycles. The van der Waals surface area contributed by atoms with E-state index in [1.807, 2.05) is 0 Å². The fourth-order valence-corrected chi connectivity index (χ4v) is 1.42. The lowest BCUT2D eigenvalue weighted by molar-refractivity contribution is -0.118. The highest BCUT2D eigenvalue weighted by molar-refractivity contribution is 5.28. The van der Waals surface area contributed by atoms with Gasteiger partial charge in [0.05, 0.1) is 0 Å². The fraction of sp³-hybridized carbons (Fsp3) is 0.200. The molecule has 2 aliphatic heterocycles. The topological polar surface area (TPSA) is 64.5 Å². The Morgan fingerprint density at radius 2 is 1.14 bits per heavy atom. The Hall–Kier alpha value is -1.52. The average Bonchev–Trinajstić information content (AvgIpc) is 2.20. The molecule has 2 heterocycles. The van der Waals surface area contributed by atoms with E-state index in [9.17, 15) is 10.2 Å². The Balaban J connectivity index is 2.29. The van der Waals surface area contributed by atoms with Crippen LogP contribution in [0.15, 0.2) is 48.9 Å². The average molecular weight is 192 g/mol. The molecule has 2 aliphatic rings. The SMILES string of the molecule is OC1(C2(O)C=CC=CN2)C=CC=CN1. The number of allylic oxidation sites excluding steroid dienone is 4. The summed E-state index contributed by atoms with van der Waals surface area (Å²) in [4.78, 5) is 0. The number of hydrogen-bond acceptors (Lipinski definition) is 4. The zero-order chi connectivity index (χ0) is 10.1. The maximum absolute atomic E-state index is 10.1. The minimum absolute atomic E-state index is 1.49. The Morgan fingerprint density at radius 1 is 0.714 bits per heavy atom. The second-order valence-corrected chi connectivity index (χ2v) is 3.26. The summed E-state index contributed by atoms with van der Waals surface area (Å²) < 4.78 is 0. The highest BCUT2D eigenvalue weighted by atomic mass is 16.4. The molecule has 14 heavy (non-hydrogen) atoms. The highest BCUT2D eigenvalue weighted by Gasteiger charge is 2.46. The van der Waals surface area contributed by atoms with Gasteiger partial charge in [-0.25, -0.2) is 0 Å². The van der Waals surface area contributed by atoms with Crippen LogP contribution >= 0.6 is 0 Å². The summed E-state index contributed by atoms with van der Waals surface area (Å²) in [7, 11) is 0. The molecule has 4 heteroatoms. The van der Waals surface area contributed by atoms with Crippen LogP contribution in [0.3, 0.4) is 0 Å². The molecule has 0 amide bonds. The van der Waals surface area contributed by atoms with E-state index in [0.717, 1.165) is 0 Å². The monoisotopic (exact) mass is 192 g/mol. The predicted molar refractivity (Wildman–Crippen MR) is 52.7 cm³/mol. The minimum Gasteiger partial charge on any atom is -0.363 e. The lowest BCUT2D eigenvalue weighted by Gasteiger charge is -2.41. The summed E-state index contributed by atoms with van der Waals surface area (Å²) in [6.45, 7) is 0. The summed E-state index contributed by atoms with van der Waals surface area (Å²) in [6.07, 6.45) is 12.9. The Morgan fingerprint density at radius 3 is 1.43 bits per heavy atom. The second kappa shape index (κ2) is 3.01. The van der Waals surface area contributed by atoms with Crippen molar-refractivity contribution in [2.75, 3.05) is 0 Å². The molecule has 74 valence electrons. The minimum atomic E-state index is -1.52. The molecule has 2 atom stereocenters. The Labute approximate surface area is 81.9 Å².